The Labute approximate surface area is 103 Å². The van der Waals surface area contributed by atoms with Crippen molar-refractivity contribution in [2.75, 3.05) is 6.54 Å². The summed E-state index contributed by atoms with van der Waals surface area (Å²) in [5, 5.41) is 2.99. The van der Waals surface area contributed by atoms with Gasteiger partial charge in [0.05, 0.1) is 0 Å². The molecule has 2 rings (SSSR count). The van der Waals surface area contributed by atoms with Crippen LogP contribution >= 0.6 is 0 Å². The van der Waals surface area contributed by atoms with Crippen LogP contribution in [0.4, 0.5) is 0 Å². The van der Waals surface area contributed by atoms with Crippen molar-refractivity contribution in [1.29, 1.82) is 0 Å². The van der Waals surface area contributed by atoms with Gasteiger partial charge in [-0.3, -0.25) is 4.79 Å². The molecule has 17 heavy (non-hydrogen) atoms. The maximum Gasteiger partial charge on any atom is 0.220 e. The number of carbonyl (C=O) groups is 1. The minimum Gasteiger partial charge on any atom is -0.356 e. The molecule has 2 nitrogen and oxygen atoms in total. The average Bonchev–Trinajstić information content (AvgIpc) is 2.83. The largest absolute Gasteiger partial charge is 0.356 e. The molecule has 0 saturated carbocycles. The number of amides is 1. The van der Waals surface area contributed by atoms with Crippen LogP contribution in [-0.4, -0.2) is 12.5 Å². The van der Waals surface area contributed by atoms with E-state index in [-0.39, 0.29) is 5.91 Å². The Kier molecular flexibility index (Phi) is 4.37. The number of carbonyl (C=O) groups excluding carboxylic acids is 1. The molecule has 0 fully saturated rings. The molecule has 0 spiro atoms. The third kappa shape index (κ3) is 4.06. The fourth-order valence-electron chi connectivity index (χ4n) is 2.17. The van der Waals surface area contributed by atoms with Gasteiger partial charge in [-0.25, -0.2) is 0 Å². The van der Waals surface area contributed by atoms with Crippen LogP contribution in [0, 0.1) is 5.92 Å². The van der Waals surface area contributed by atoms with E-state index in [1.165, 1.54) is 5.56 Å². The van der Waals surface area contributed by atoms with Gasteiger partial charge >= 0.3 is 0 Å². The van der Waals surface area contributed by atoms with E-state index in [0.717, 1.165) is 25.8 Å². The van der Waals surface area contributed by atoms with E-state index in [1.54, 1.807) is 0 Å². The summed E-state index contributed by atoms with van der Waals surface area (Å²) in [5.74, 6) is 0.643. The summed E-state index contributed by atoms with van der Waals surface area (Å²) in [6.07, 6.45) is 8.14. The second-order valence-corrected chi connectivity index (χ2v) is 4.56. The Hall–Kier alpha value is -1.57. The fourth-order valence-corrected chi connectivity index (χ4v) is 2.17. The highest BCUT2D eigenvalue weighted by Gasteiger charge is 2.13. The molecule has 0 aromatic heterocycles. The second kappa shape index (κ2) is 6.24. The van der Waals surface area contributed by atoms with Crippen molar-refractivity contribution in [3.8, 4) is 0 Å². The number of hydrogen-bond acceptors (Lipinski definition) is 1. The lowest BCUT2D eigenvalue weighted by atomic mass is 10.1. The summed E-state index contributed by atoms with van der Waals surface area (Å²) in [6.45, 7) is 0.735. The van der Waals surface area contributed by atoms with E-state index in [9.17, 15) is 4.79 Å². The number of allylic oxidation sites excluding steroid dienone is 2. The first kappa shape index (κ1) is 11.9. The number of hydrogen-bond donors (Lipinski definition) is 1. The molecule has 1 aliphatic rings. The van der Waals surface area contributed by atoms with Crippen LogP contribution in [0.5, 0.6) is 0 Å². The van der Waals surface area contributed by atoms with Crippen molar-refractivity contribution in [3.63, 3.8) is 0 Å². The Morgan fingerprint density at radius 3 is 2.82 bits per heavy atom. The molecule has 0 bridgehead atoms. The van der Waals surface area contributed by atoms with Gasteiger partial charge in [0.2, 0.25) is 5.91 Å². The fraction of sp³-hybridized carbons (Fsp3) is 0.400. The van der Waals surface area contributed by atoms with E-state index in [0.29, 0.717) is 12.3 Å². The molecule has 1 aliphatic carbocycles. The molecule has 0 saturated heterocycles. The van der Waals surface area contributed by atoms with Gasteiger partial charge in [-0.2, -0.15) is 0 Å². The van der Waals surface area contributed by atoms with Crippen LogP contribution in [0.15, 0.2) is 42.5 Å². The number of rotatable bonds is 5. The maximum atomic E-state index is 11.6. The lowest BCUT2D eigenvalue weighted by Crippen LogP contribution is -2.26. The van der Waals surface area contributed by atoms with E-state index < -0.39 is 0 Å². The summed E-state index contributed by atoms with van der Waals surface area (Å²) in [6, 6.07) is 10.2. The highest BCUT2D eigenvalue weighted by Crippen LogP contribution is 2.19. The van der Waals surface area contributed by atoms with Gasteiger partial charge in [0.25, 0.3) is 0 Å². The van der Waals surface area contributed by atoms with Gasteiger partial charge in [0, 0.05) is 13.0 Å². The topological polar surface area (TPSA) is 29.1 Å². The predicted molar refractivity (Wildman–Crippen MR) is 69.6 cm³/mol. The molecule has 1 aromatic carbocycles. The molecule has 0 heterocycles. The maximum absolute atomic E-state index is 11.6. The van der Waals surface area contributed by atoms with Crippen LogP contribution in [0.1, 0.15) is 24.8 Å². The van der Waals surface area contributed by atoms with E-state index in [4.69, 9.17) is 0 Å². The zero-order valence-corrected chi connectivity index (χ0v) is 10.1. The highest BCUT2D eigenvalue weighted by atomic mass is 16.1. The van der Waals surface area contributed by atoms with Crippen LogP contribution in [0.2, 0.25) is 0 Å². The monoisotopic (exact) mass is 229 g/mol. The first-order chi connectivity index (χ1) is 8.34. The average molecular weight is 229 g/mol. The molecule has 2 heteroatoms. The highest BCUT2D eigenvalue weighted by molar-refractivity contribution is 5.76. The van der Waals surface area contributed by atoms with Gasteiger partial charge < -0.3 is 5.32 Å². The molecule has 1 aromatic rings. The Balaban J connectivity index is 1.64. The minimum absolute atomic E-state index is 0.178. The van der Waals surface area contributed by atoms with Crippen molar-refractivity contribution in [2.45, 2.75) is 25.7 Å². The first-order valence-electron chi connectivity index (χ1n) is 6.32. The van der Waals surface area contributed by atoms with Crippen molar-refractivity contribution in [1.82, 2.24) is 5.32 Å². The van der Waals surface area contributed by atoms with Crippen molar-refractivity contribution >= 4 is 5.91 Å². The molecule has 1 amide bonds. The van der Waals surface area contributed by atoms with E-state index >= 15 is 0 Å². The molecule has 90 valence electrons. The normalized spacial score (nSPS) is 18.2. The standard InChI is InChI=1S/C15H19NO/c17-15(12-14-8-4-5-9-14)16-11-10-13-6-2-1-3-7-13/h1-4,6-8,14H,5,9-12H2,(H,16,17)/t14-/m1/s1. The van der Waals surface area contributed by atoms with Gasteiger partial charge in [0.15, 0.2) is 0 Å². The predicted octanol–water partition coefficient (Wildman–Crippen LogP) is 2.70. The summed E-state index contributed by atoms with van der Waals surface area (Å²) in [5.41, 5.74) is 1.27. The zero-order chi connectivity index (χ0) is 11.9. The Morgan fingerprint density at radius 2 is 2.12 bits per heavy atom. The first-order valence-corrected chi connectivity index (χ1v) is 6.32. The van der Waals surface area contributed by atoms with Crippen LogP contribution in [-0.2, 0) is 11.2 Å². The Bertz CT molecular complexity index is 383. The lowest BCUT2D eigenvalue weighted by Gasteiger charge is -2.08. The Morgan fingerprint density at radius 1 is 1.29 bits per heavy atom. The molecular weight excluding hydrogens is 210 g/mol. The zero-order valence-electron chi connectivity index (χ0n) is 10.1. The van der Waals surface area contributed by atoms with Gasteiger partial charge in [-0.05, 0) is 30.7 Å². The molecule has 0 radical (unpaired) electrons. The number of benzene rings is 1. The van der Waals surface area contributed by atoms with E-state index in [1.807, 2.05) is 18.2 Å². The molecule has 0 aliphatic heterocycles. The SMILES string of the molecule is O=C(C[C@@H]1C=CCC1)NCCc1ccccc1. The van der Waals surface area contributed by atoms with Crippen molar-refractivity contribution in [2.24, 2.45) is 5.92 Å². The quantitative estimate of drug-likeness (QED) is 0.773. The summed E-state index contributed by atoms with van der Waals surface area (Å²) in [4.78, 5) is 11.6. The van der Waals surface area contributed by atoms with Crippen molar-refractivity contribution in [3.05, 3.63) is 48.0 Å². The minimum atomic E-state index is 0.178. The smallest absolute Gasteiger partial charge is 0.220 e. The van der Waals surface area contributed by atoms with E-state index in [2.05, 4.69) is 29.6 Å². The third-order valence-corrected chi connectivity index (χ3v) is 3.14. The van der Waals surface area contributed by atoms with Gasteiger partial charge in [0.1, 0.15) is 0 Å². The molecule has 1 N–H and O–H groups in total. The molecule has 1 atom stereocenters. The second-order valence-electron chi connectivity index (χ2n) is 4.56. The van der Waals surface area contributed by atoms with Crippen molar-refractivity contribution < 1.29 is 4.79 Å². The summed E-state index contributed by atoms with van der Waals surface area (Å²) >= 11 is 0. The summed E-state index contributed by atoms with van der Waals surface area (Å²) < 4.78 is 0. The van der Waals surface area contributed by atoms with Gasteiger partial charge in [-0.1, -0.05) is 42.5 Å². The third-order valence-electron chi connectivity index (χ3n) is 3.14. The lowest BCUT2D eigenvalue weighted by molar-refractivity contribution is -0.121. The summed E-state index contributed by atoms with van der Waals surface area (Å²) in [7, 11) is 0. The van der Waals surface area contributed by atoms with Crippen LogP contribution in [0.25, 0.3) is 0 Å². The van der Waals surface area contributed by atoms with Crippen LogP contribution in [0.3, 0.4) is 0 Å². The molecule has 0 unspecified atom stereocenters. The molecular formula is C15H19NO. The number of nitrogens with one attached hydrogen (secondary N) is 1. The van der Waals surface area contributed by atoms with Crippen LogP contribution < -0.4 is 5.32 Å². The van der Waals surface area contributed by atoms with Gasteiger partial charge in [-0.15, -0.1) is 0 Å².